The van der Waals surface area contributed by atoms with E-state index < -0.39 is 0 Å². The number of unbranched alkanes of at least 4 members (excludes halogenated alkanes) is 1. The molecule has 0 aromatic heterocycles. The molecule has 0 saturated carbocycles. The normalized spacial score (nSPS) is 21.6. The van der Waals surface area contributed by atoms with E-state index in [4.69, 9.17) is 11.6 Å². The van der Waals surface area contributed by atoms with Gasteiger partial charge in [0.1, 0.15) is 0 Å². The number of fused-ring (bicyclic) bond motifs is 1. The SMILES string of the molecule is CCC1(CCCCN2CCN(c3ccc(Cl)cc3)CC2)C(=O)Nc2ccc(C)cc21. The number of hydrogen-bond acceptors (Lipinski definition) is 3. The molecule has 2 aromatic carbocycles. The number of aryl methyl sites for hydroxylation is 1. The third kappa shape index (κ3) is 4.21. The average Bonchev–Trinajstić information content (AvgIpc) is 3.03. The number of carbonyl (C=O) groups excluding carboxylic acids is 1. The first kappa shape index (κ1) is 21.2. The Morgan fingerprint density at radius 3 is 2.47 bits per heavy atom. The molecule has 0 aliphatic carbocycles. The third-order valence-corrected chi connectivity index (χ3v) is 7.12. The summed E-state index contributed by atoms with van der Waals surface area (Å²) in [4.78, 5) is 17.8. The van der Waals surface area contributed by atoms with Gasteiger partial charge in [-0.25, -0.2) is 0 Å². The number of halogens is 1. The molecule has 2 aliphatic heterocycles. The lowest BCUT2D eigenvalue weighted by Gasteiger charge is -2.36. The highest BCUT2D eigenvalue weighted by atomic mass is 35.5. The van der Waals surface area contributed by atoms with E-state index in [0.29, 0.717) is 0 Å². The minimum absolute atomic E-state index is 0.183. The van der Waals surface area contributed by atoms with Gasteiger partial charge in [0.25, 0.3) is 0 Å². The monoisotopic (exact) mass is 425 g/mol. The van der Waals surface area contributed by atoms with Gasteiger partial charge in [0.05, 0.1) is 5.41 Å². The van der Waals surface area contributed by atoms with Crippen LogP contribution in [0.25, 0.3) is 0 Å². The molecule has 2 aliphatic rings. The standard InChI is InChI=1S/C25H32ClN3O/c1-3-25(22-18-19(2)6-11-23(22)27-24(25)30)12-4-5-13-28-14-16-29(17-15-28)21-9-7-20(26)8-10-21/h6-11,18H,3-5,12-17H2,1-2H3,(H,27,30). The summed E-state index contributed by atoms with van der Waals surface area (Å²) in [6.45, 7) is 9.63. The molecular weight excluding hydrogens is 394 g/mol. The van der Waals surface area contributed by atoms with Crippen LogP contribution >= 0.6 is 11.6 Å². The molecule has 160 valence electrons. The summed E-state index contributed by atoms with van der Waals surface area (Å²) in [5.74, 6) is 0.183. The molecule has 4 nitrogen and oxygen atoms in total. The minimum atomic E-state index is -0.353. The zero-order valence-corrected chi connectivity index (χ0v) is 18.8. The highest BCUT2D eigenvalue weighted by Crippen LogP contribution is 2.44. The molecule has 30 heavy (non-hydrogen) atoms. The number of rotatable bonds is 7. The first-order valence-electron chi connectivity index (χ1n) is 11.2. The number of carbonyl (C=O) groups is 1. The summed E-state index contributed by atoms with van der Waals surface area (Å²) in [7, 11) is 0. The maximum atomic E-state index is 12.8. The summed E-state index contributed by atoms with van der Waals surface area (Å²) >= 11 is 6.00. The van der Waals surface area contributed by atoms with E-state index in [2.05, 4.69) is 59.3 Å². The van der Waals surface area contributed by atoms with E-state index >= 15 is 0 Å². The second-order valence-corrected chi connectivity index (χ2v) is 9.14. The van der Waals surface area contributed by atoms with Crippen LogP contribution in [0.15, 0.2) is 42.5 Å². The average molecular weight is 426 g/mol. The van der Waals surface area contributed by atoms with Gasteiger partial charge in [-0.05, 0) is 68.6 Å². The van der Waals surface area contributed by atoms with Gasteiger partial charge < -0.3 is 10.2 Å². The van der Waals surface area contributed by atoms with Crippen molar-refractivity contribution in [3.8, 4) is 0 Å². The van der Waals surface area contributed by atoms with Crippen LogP contribution in [0.2, 0.25) is 5.02 Å². The Bertz CT molecular complexity index is 890. The Kier molecular flexibility index (Phi) is 6.35. The van der Waals surface area contributed by atoms with Gasteiger partial charge in [-0.15, -0.1) is 0 Å². The molecule has 1 fully saturated rings. The van der Waals surface area contributed by atoms with Gasteiger partial charge >= 0.3 is 0 Å². The topological polar surface area (TPSA) is 35.6 Å². The van der Waals surface area contributed by atoms with E-state index in [1.807, 2.05) is 12.1 Å². The molecule has 1 amide bonds. The first-order valence-corrected chi connectivity index (χ1v) is 11.5. The Labute approximate surface area is 185 Å². The predicted octanol–water partition coefficient (Wildman–Crippen LogP) is 5.24. The van der Waals surface area contributed by atoms with Gasteiger partial charge in [0, 0.05) is 42.6 Å². The molecule has 0 bridgehead atoms. The highest BCUT2D eigenvalue weighted by Gasteiger charge is 2.44. The molecule has 0 radical (unpaired) electrons. The largest absolute Gasteiger partial charge is 0.369 e. The summed E-state index contributed by atoms with van der Waals surface area (Å²) in [5, 5.41) is 3.91. The van der Waals surface area contributed by atoms with Gasteiger partial charge in [-0.3, -0.25) is 9.69 Å². The second-order valence-electron chi connectivity index (χ2n) is 8.70. The van der Waals surface area contributed by atoms with Crippen LogP contribution in [-0.2, 0) is 10.2 Å². The predicted molar refractivity (Wildman–Crippen MR) is 126 cm³/mol. The van der Waals surface area contributed by atoms with Crippen LogP contribution in [0.3, 0.4) is 0 Å². The number of anilines is 2. The van der Waals surface area contributed by atoms with Crippen molar-refractivity contribution in [2.24, 2.45) is 0 Å². The van der Waals surface area contributed by atoms with Crippen LogP contribution in [-0.4, -0.2) is 43.5 Å². The van der Waals surface area contributed by atoms with E-state index in [1.165, 1.54) is 16.8 Å². The fraction of sp³-hybridized carbons (Fsp3) is 0.480. The zero-order valence-electron chi connectivity index (χ0n) is 18.1. The van der Waals surface area contributed by atoms with Gasteiger partial charge in [0.15, 0.2) is 0 Å². The Morgan fingerprint density at radius 2 is 1.77 bits per heavy atom. The molecule has 1 N–H and O–H groups in total. The molecule has 1 unspecified atom stereocenters. The quantitative estimate of drug-likeness (QED) is 0.616. The Hall–Kier alpha value is -2.04. The lowest BCUT2D eigenvalue weighted by Crippen LogP contribution is -2.46. The molecular formula is C25H32ClN3O. The van der Waals surface area contributed by atoms with Crippen molar-refractivity contribution in [3.05, 3.63) is 58.6 Å². The number of piperazine rings is 1. The van der Waals surface area contributed by atoms with Crippen molar-refractivity contribution < 1.29 is 4.79 Å². The van der Waals surface area contributed by atoms with E-state index in [0.717, 1.165) is 69.1 Å². The Balaban J connectivity index is 1.27. The van der Waals surface area contributed by atoms with Crippen molar-refractivity contribution in [1.82, 2.24) is 4.90 Å². The van der Waals surface area contributed by atoms with Crippen molar-refractivity contribution in [2.75, 3.05) is 42.9 Å². The summed E-state index contributed by atoms with van der Waals surface area (Å²) in [5.41, 5.74) is 4.33. The van der Waals surface area contributed by atoms with Crippen molar-refractivity contribution in [3.63, 3.8) is 0 Å². The van der Waals surface area contributed by atoms with Crippen molar-refractivity contribution in [1.29, 1.82) is 0 Å². The molecule has 1 saturated heterocycles. The lowest BCUT2D eigenvalue weighted by atomic mass is 9.75. The first-order chi connectivity index (χ1) is 14.5. The van der Waals surface area contributed by atoms with Crippen LogP contribution in [0.5, 0.6) is 0 Å². The smallest absolute Gasteiger partial charge is 0.235 e. The van der Waals surface area contributed by atoms with Gasteiger partial charge in [-0.2, -0.15) is 0 Å². The van der Waals surface area contributed by atoms with Gasteiger partial charge in [0.2, 0.25) is 5.91 Å². The number of nitrogens with zero attached hydrogens (tertiary/aromatic N) is 2. The van der Waals surface area contributed by atoms with Gasteiger partial charge in [-0.1, -0.05) is 42.6 Å². The van der Waals surface area contributed by atoms with E-state index in [1.54, 1.807) is 0 Å². The van der Waals surface area contributed by atoms with Crippen LogP contribution in [0, 0.1) is 6.92 Å². The fourth-order valence-electron chi connectivity index (χ4n) is 4.95. The minimum Gasteiger partial charge on any atom is -0.369 e. The molecule has 5 heteroatoms. The second kappa shape index (κ2) is 8.99. The van der Waals surface area contributed by atoms with Crippen molar-refractivity contribution in [2.45, 2.75) is 44.9 Å². The summed E-state index contributed by atoms with van der Waals surface area (Å²) < 4.78 is 0. The third-order valence-electron chi connectivity index (χ3n) is 6.87. The highest BCUT2D eigenvalue weighted by molar-refractivity contribution is 6.30. The Morgan fingerprint density at radius 1 is 1.03 bits per heavy atom. The van der Waals surface area contributed by atoms with E-state index in [9.17, 15) is 4.79 Å². The molecule has 0 spiro atoms. The summed E-state index contributed by atoms with van der Waals surface area (Å²) in [6.07, 6.45) is 3.99. The van der Waals surface area contributed by atoms with Crippen LogP contribution in [0.4, 0.5) is 11.4 Å². The number of nitrogens with one attached hydrogen (secondary N) is 1. The van der Waals surface area contributed by atoms with Crippen LogP contribution < -0.4 is 10.2 Å². The van der Waals surface area contributed by atoms with Crippen LogP contribution in [0.1, 0.15) is 43.7 Å². The molecule has 2 heterocycles. The zero-order chi connectivity index (χ0) is 21.1. The maximum Gasteiger partial charge on any atom is 0.235 e. The number of hydrogen-bond donors (Lipinski definition) is 1. The lowest BCUT2D eigenvalue weighted by molar-refractivity contribution is -0.121. The summed E-state index contributed by atoms with van der Waals surface area (Å²) in [6, 6.07) is 14.5. The molecule has 2 aromatic rings. The number of amides is 1. The van der Waals surface area contributed by atoms with Crippen molar-refractivity contribution >= 4 is 28.9 Å². The fourth-order valence-corrected chi connectivity index (χ4v) is 5.07. The van der Waals surface area contributed by atoms with E-state index in [-0.39, 0.29) is 11.3 Å². The number of benzene rings is 2. The maximum absolute atomic E-state index is 12.8. The molecule has 1 atom stereocenters. The molecule has 4 rings (SSSR count).